The van der Waals surface area contributed by atoms with Gasteiger partial charge in [0, 0.05) is 5.92 Å². The van der Waals surface area contributed by atoms with Gasteiger partial charge in [-0.25, -0.2) is 0 Å². The predicted octanol–water partition coefficient (Wildman–Crippen LogP) is 1.80. The van der Waals surface area contributed by atoms with Gasteiger partial charge in [0.1, 0.15) is 5.78 Å². The van der Waals surface area contributed by atoms with Crippen LogP contribution in [0.15, 0.2) is 0 Å². The maximum Gasteiger partial charge on any atom is 0.309 e. The summed E-state index contributed by atoms with van der Waals surface area (Å²) < 4.78 is 5.01. The van der Waals surface area contributed by atoms with E-state index in [1.54, 1.807) is 6.92 Å². The molecule has 0 aliphatic heterocycles. The molecule has 0 aromatic rings. The SMILES string of the molecule is COC(=O)[C@H]1[C@@H]2CCC[C@@H]3C[C@H]1[C@@](C)(C(C)O)C(=O)[C@@H]32. The van der Waals surface area contributed by atoms with Crippen molar-refractivity contribution in [1.29, 1.82) is 0 Å². The minimum absolute atomic E-state index is 0.0440. The molecular weight excluding hydrogens is 256 g/mol. The van der Waals surface area contributed by atoms with Crippen LogP contribution >= 0.6 is 0 Å². The summed E-state index contributed by atoms with van der Waals surface area (Å²) in [5.41, 5.74) is -0.784. The van der Waals surface area contributed by atoms with E-state index in [1.807, 2.05) is 6.92 Å². The number of aliphatic hydroxyl groups excluding tert-OH is 1. The molecule has 0 heterocycles. The molecule has 0 radical (unpaired) electrons. The minimum Gasteiger partial charge on any atom is -0.469 e. The second kappa shape index (κ2) is 4.55. The summed E-state index contributed by atoms with van der Waals surface area (Å²) >= 11 is 0. The summed E-state index contributed by atoms with van der Waals surface area (Å²) in [6.45, 7) is 3.53. The lowest BCUT2D eigenvalue weighted by Gasteiger charge is -2.61. The summed E-state index contributed by atoms with van der Waals surface area (Å²) in [6, 6.07) is 0. The molecule has 7 atom stereocenters. The molecule has 4 bridgehead atoms. The van der Waals surface area contributed by atoms with Gasteiger partial charge in [-0.05, 0) is 50.9 Å². The van der Waals surface area contributed by atoms with E-state index >= 15 is 0 Å². The summed E-state index contributed by atoms with van der Waals surface area (Å²) in [4.78, 5) is 25.2. The molecule has 112 valence electrons. The van der Waals surface area contributed by atoms with Crippen molar-refractivity contribution >= 4 is 11.8 Å². The first-order valence-corrected chi connectivity index (χ1v) is 7.73. The van der Waals surface area contributed by atoms with Gasteiger partial charge in [0.05, 0.1) is 24.5 Å². The van der Waals surface area contributed by atoms with Gasteiger partial charge in [0.15, 0.2) is 0 Å². The number of Topliss-reactive ketones (excluding diaryl/α,β-unsaturated/α-hetero) is 1. The van der Waals surface area contributed by atoms with Crippen LogP contribution in [0.1, 0.15) is 39.5 Å². The largest absolute Gasteiger partial charge is 0.469 e. The van der Waals surface area contributed by atoms with Crippen molar-refractivity contribution < 1.29 is 19.4 Å². The average Bonchev–Trinajstić information content (AvgIpc) is 2.42. The summed E-state index contributed by atoms with van der Waals surface area (Å²) in [5, 5.41) is 10.2. The normalized spacial score (nSPS) is 48.0. The number of hydrogen-bond donors (Lipinski definition) is 1. The van der Waals surface area contributed by atoms with Crippen molar-refractivity contribution in [3.05, 3.63) is 0 Å². The molecule has 4 aliphatic carbocycles. The molecule has 4 nitrogen and oxygen atoms in total. The highest BCUT2D eigenvalue weighted by Gasteiger charge is 2.66. The zero-order valence-corrected chi connectivity index (χ0v) is 12.5. The average molecular weight is 280 g/mol. The number of carbonyl (C=O) groups is 2. The maximum absolute atomic E-state index is 12.9. The van der Waals surface area contributed by atoms with E-state index < -0.39 is 11.5 Å². The van der Waals surface area contributed by atoms with Gasteiger partial charge in [-0.2, -0.15) is 0 Å². The first-order chi connectivity index (χ1) is 9.42. The Labute approximate surface area is 119 Å². The molecule has 20 heavy (non-hydrogen) atoms. The monoisotopic (exact) mass is 280 g/mol. The van der Waals surface area contributed by atoms with Crippen molar-refractivity contribution in [2.24, 2.45) is 35.0 Å². The first kappa shape index (κ1) is 14.1. The summed E-state index contributed by atoms with van der Waals surface area (Å²) in [6.07, 6.45) is 3.31. The van der Waals surface area contributed by atoms with Gasteiger partial charge in [-0.3, -0.25) is 9.59 Å². The predicted molar refractivity (Wildman–Crippen MR) is 72.7 cm³/mol. The zero-order chi connectivity index (χ0) is 14.7. The van der Waals surface area contributed by atoms with Gasteiger partial charge in [0.25, 0.3) is 0 Å². The number of esters is 1. The Morgan fingerprint density at radius 3 is 2.75 bits per heavy atom. The molecule has 0 aromatic carbocycles. The lowest BCUT2D eigenvalue weighted by atomic mass is 9.41. The standard InChI is InChI=1S/C16H24O4/c1-8(17)16(2)11-7-9-5-4-6-10(12(9)14(16)18)13(11)15(19)20-3/h8-13,17H,4-7H2,1-3H3/t8?,9-,10-,11-,12+,13+,16-/m1/s1. The van der Waals surface area contributed by atoms with Crippen molar-refractivity contribution in [2.75, 3.05) is 7.11 Å². The highest BCUT2D eigenvalue weighted by molar-refractivity contribution is 5.92. The topological polar surface area (TPSA) is 63.6 Å². The molecule has 4 rings (SSSR count). The molecule has 4 fully saturated rings. The fourth-order valence-electron chi connectivity index (χ4n) is 5.32. The molecule has 4 aliphatic rings. The number of carbonyl (C=O) groups excluding carboxylic acids is 2. The number of ketones is 1. The van der Waals surface area contributed by atoms with Crippen molar-refractivity contribution in [2.45, 2.75) is 45.6 Å². The van der Waals surface area contributed by atoms with E-state index in [2.05, 4.69) is 0 Å². The van der Waals surface area contributed by atoms with Crippen LogP contribution in [0.25, 0.3) is 0 Å². The van der Waals surface area contributed by atoms with Crippen LogP contribution < -0.4 is 0 Å². The van der Waals surface area contributed by atoms with Crippen LogP contribution in [0.5, 0.6) is 0 Å². The van der Waals surface area contributed by atoms with E-state index in [0.29, 0.717) is 5.92 Å². The molecule has 0 saturated heterocycles. The van der Waals surface area contributed by atoms with Crippen molar-refractivity contribution in [3.8, 4) is 0 Å². The molecule has 0 spiro atoms. The van der Waals surface area contributed by atoms with E-state index in [1.165, 1.54) is 7.11 Å². The fourth-order valence-corrected chi connectivity index (χ4v) is 5.32. The van der Waals surface area contributed by atoms with Crippen LogP contribution in [0.3, 0.4) is 0 Å². The van der Waals surface area contributed by atoms with Crippen LogP contribution in [0, 0.1) is 35.0 Å². The number of fused-ring (bicyclic) bond motifs is 1. The van der Waals surface area contributed by atoms with Gasteiger partial charge in [-0.1, -0.05) is 6.42 Å². The maximum atomic E-state index is 12.9. The Balaban J connectivity index is 2.06. The Hall–Kier alpha value is -0.900. The fraction of sp³-hybridized carbons (Fsp3) is 0.875. The van der Waals surface area contributed by atoms with Crippen LogP contribution in [0.4, 0.5) is 0 Å². The lowest BCUT2D eigenvalue weighted by molar-refractivity contribution is -0.194. The minimum atomic E-state index is -0.784. The second-order valence-electron chi connectivity index (χ2n) is 7.09. The smallest absolute Gasteiger partial charge is 0.309 e. The molecular formula is C16H24O4. The molecule has 1 N–H and O–H groups in total. The third-order valence-corrected chi connectivity index (χ3v) is 6.48. The highest BCUT2D eigenvalue weighted by atomic mass is 16.5. The van der Waals surface area contributed by atoms with Gasteiger partial charge in [-0.15, -0.1) is 0 Å². The van der Waals surface area contributed by atoms with Crippen LogP contribution in [0.2, 0.25) is 0 Å². The molecule has 4 heteroatoms. The Morgan fingerprint density at radius 2 is 2.15 bits per heavy atom. The number of aliphatic hydroxyl groups is 1. The van der Waals surface area contributed by atoms with Gasteiger partial charge in [0.2, 0.25) is 0 Å². The van der Waals surface area contributed by atoms with E-state index in [-0.39, 0.29) is 35.4 Å². The highest BCUT2D eigenvalue weighted by Crippen LogP contribution is 2.62. The number of rotatable bonds is 2. The molecule has 4 saturated carbocycles. The lowest BCUT2D eigenvalue weighted by Crippen LogP contribution is -2.66. The number of hydrogen-bond acceptors (Lipinski definition) is 4. The quantitative estimate of drug-likeness (QED) is 0.783. The summed E-state index contributed by atoms with van der Waals surface area (Å²) in [5.74, 6) is 0.237. The Kier molecular flexibility index (Phi) is 3.20. The Morgan fingerprint density at radius 1 is 1.45 bits per heavy atom. The van der Waals surface area contributed by atoms with E-state index in [0.717, 1.165) is 25.7 Å². The first-order valence-electron chi connectivity index (χ1n) is 7.73. The van der Waals surface area contributed by atoms with Crippen LogP contribution in [-0.2, 0) is 14.3 Å². The number of ether oxygens (including phenoxy) is 1. The van der Waals surface area contributed by atoms with E-state index in [9.17, 15) is 14.7 Å². The Bertz CT molecular complexity index is 444. The third kappa shape index (κ3) is 1.57. The van der Waals surface area contributed by atoms with E-state index in [4.69, 9.17) is 4.74 Å². The van der Waals surface area contributed by atoms with Crippen molar-refractivity contribution in [1.82, 2.24) is 0 Å². The third-order valence-electron chi connectivity index (χ3n) is 6.48. The molecule has 1 unspecified atom stereocenters. The summed E-state index contributed by atoms with van der Waals surface area (Å²) in [7, 11) is 1.42. The van der Waals surface area contributed by atoms with Crippen LogP contribution in [-0.4, -0.2) is 30.1 Å². The molecule has 0 aromatic heterocycles. The second-order valence-corrected chi connectivity index (χ2v) is 7.09. The van der Waals surface area contributed by atoms with Crippen molar-refractivity contribution in [3.63, 3.8) is 0 Å². The molecule has 0 amide bonds. The zero-order valence-electron chi connectivity index (χ0n) is 12.5. The van der Waals surface area contributed by atoms with Gasteiger partial charge >= 0.3 is 5.97 Å². The number of methoxy groups -OCH3 is 1. The van der Waals surface area contributed by atoms with Gasteiger partial charge < -0.3 is 9.84 Å².